The first-order valence-corrected chi connectivity index (χ1v) is 21.5. The Bertz CT molecular complexity index is 3190. The van der Waals surface area contributed by atoms with Gasteiger partial charge in [0.15, 0.2) is 0 Å². The molecule has 5 heteroatoms. The SMILES string of the molecule is c1ccc(N(c2ccccc2)c2cccc(N(c3ccccc3)c3ccc4c(c3)sc3ccc(N(c5ccccc5)c5ccc6sc7ccccc7c6c5)cc34)c2)cc1. The van der Waals surface area contributed by atoms with Crippen LogP contribution in [0.1, 0.15) is 0 Å². The summed E-state index contributed by atoms with van der Waals surface area (Å²) in [5.74, 6) is 0. The second kappa shape index (κ2) is 15.0. The fourth-order valence-electron chi connectivity index (χ4n) is 8.31. The number of hydrogen-bond donors (Lipinski definition) is 0. The highest BCUT2D eigenvalue weighted by Crippen LogP contribution is 2.46. The van der Waals surface area contributed by atoms with E-state index in [9.17, 15) is 0 Å². The Balaban J connectivity index is 1.02. The highest BCUT2D eigenvalue weighted by Gasteiger charge is 2.20. The topological polar surface area (TPSA) is 9.72 Å². The maximum atomic E-state index is 2.39. The average molecular weight is 792 g/mol. The monoisotopic (exact) mass is 791 g/mol. The molecule has 9 aromatic carbocycles. The summed E-state index contributed by atoms with van der Waals surface area (Å²) in [6.45, 7) is 0. The summed E-state index contributed by atoms with van der Waals surface area (Å²) in [5.41, 5.74) is 10.0. The van der Waals surface area contributed by atoms with Crippen LogP contribution in [0.3, 0.4) is 0 Å². The molecule has 0 spiro atoms. The van der Waals surface area contributed by atoms with Gasteiger partial charge in [-0.05, 0) is 121 Å². The summed E-state index contributed by atoms with van der Waals surface area (Å²) in [4.78, 5) is 7.08. The van der Waals surface area contributed by atoms with Gasteiger partial charge in [-0.3, -0.25) is 0 Å². The van der Waals surface area contributed by atoms with Gasteiger partial charge in [0.05, 0.1) is 0 Å². The van der Waals surface area contributed by atoms with Crippen molar-refractivity contribution in [2.45, 2.75) is 0 Å². The predicted octanol–water partition coefficient (Wildman–Crippen LogP) is 16.8. The normalized spacial score (nSPS) is 11.4. The van der Waals surface area contributed by atoms with Gasteiger partial charge in [0, 0.05) is 91.5 Å². The van der Waals surface area contributed by atoms with Crippen LogP contribution in [-0.2, 0) is 0 Å². The number of para-hydroxylation sites is 4. The largest absolute Gasteiger partial charge is 0.310 e. The number of thiophene rings is 2. The number of anilines is 9. The van der Waals surface area contributed by atoms with E-state index in [4.69, 9.17) is 0 Å². The van der Waals surface area contributed by atoms with Crippen LogP contribution in [0.2, 0.25) is 0 Å². The maximum Gasteiger partial charge on any atom is 0.0482 e. The molecule has 0 atom stereocenters. The van der Waals surface area contributed by atoms with Crippen LogP contribution >= 0.6 is 22.7 Å². The minimum Gasteiger partial charge on any atom is -0.310 e. The van der Waals surface area contributed by atoms with E-state index in [0.29, 0.717) is 0 Å². The lowest BCUT2D eigenvalue weighted by Gasteiger charge is -2.29. The molecule has 59 heavy (non-hydrogen) atoms. The molecule has 0 saturated heterocycles. The van der Waals surface area contributed by atoms with Crippen molar-refractivity contribution < 1.29 is 0 Å². The highest BCUT2D eigenvalue weighted by atomic mass is 32.1. The van der Waals surface area contributed by atoms with Gasteiger partial charge < -0.3 is 14.7 Å². The lowest BCUT2D eigenvalue weighted by Crippen LogP contribution is -2.13. The first-order chi connectivity index (χ1) is 29.2. The predicted molar refractivity (Wildman–Crippen MR) is 256 cm³/mol. The molecule has 0 bridgehead atoms. The number of benzene rings is 9. The third-order valence-electron chi connectivity index (χ3n) is 11.0. The summed E-state index contributed by atoms with van der Waals surface area (Å²) >= 11 is 3.71. The van der Waals surface area contributed by atoms with E-state index in [1.807, 2.05) is 22.7 Å². The number of nitrogens with zero attached hydrogens (tertiary/aromatic N) is 3. The van der Waals surface area contributed by atoms with Crippen LogP contribution in [0.15, 0.2) is 224 Å². The van der Waals surface area contributed by atoms with Gasteiger partial charge in [0.2, 0.25) is 0 Å². The molecule has 0 aliphatic carbocycles. The van der Waals surface area contributed by atoms with Crippen molar-refractivity contribution in [1.82, 2.24) is 0 Å². The Morgan fingerprint density at radius 3 is 1.05 bits per heavy atom. The summed E-state index contributed by atoms with van der Waals surface area (Å²) in [7, 11) is 0. The zero-order chi connectivity index (χ0) is 39.1. The molecular formula is C54H37N3S2. The molecule has 0 fully saturated rings. The Morgan fingerprint density at radius 2 is 0.542 bits per heavy atom. The van der Waals surface area contributed by atoms with Crippen molar-refractivity contribution in [3.8, 4) is 0 Å². The van der Waals surface area contributed by atoms with Crippen LogP contribution in [0.25, 0.3) is 40.3 Å². The fraction of sp³-hybridized carbons (Fsp3) is 0. The smallest absolute Gasteiger partial charge is 0.0482 e. The van der Waals surface area contributed by atoms with Crippen molar-refractivity contribution in [3.63, 3.8) is 0 Å². The molecule has 0 aliphatic heterocycles. The molecule has 2 heterocycles. The van der Waals surface area contributed by atoms with Gasteiger partial charge in [-0.25, -0.2) is 0 Å². The van der Waals surface area contributed by atoms with E-state index in [1.54, 1.807) is 0 Å². The number of hydrogen-bond acceptors (Lipinski definition) is 5. The molecule has 0 N–H and O–H groups in total. The van der Waals surface area contributed by atoms with Gasteiger partial charge in [0.25, 0.3) is 0 Å². The van der Waals surface area contributed by atoms with Gasteiger partial charge in [-0.1, -0.05) is 103 Å². The molecule has 11 aromatic rings. The van der Waals surface area contributed by atoms with Crippen LogP contribution in [0, 0.1) is 0 Å². The van der Waals surface area contributed by atoms with Crippen molar-refractivity contribution in [1.29, 1.82) is 0 Å². The molecular weight excluding hydrogens is 755 g/mol. The fourth-order valence-corrected chi connectivity index (χ4v) is 10.5. The maximum absolute atomic E-state index is 2.39. The van der Waals surface area contributed by atoms with E-state index >= 15 is 0 Å². The highest BCUT2D eigenvalue weighted by molar-refractivity contribution is 7.26. The zero-order valence-electron chi connectivity index (χ0n) is 32.0. The van der Waals surface area contributed by atoms with Crippen molar-refractivity contribution in [3.05, 3.63) is 224 Å². The van der Waals surface area contributed by atoms with Gasteiger partial charge in [0.1, 0.15) is 0 Å². The van der Waals surface area contributed by atoms with Crippen molar-refractivity contribution in [2.75, 3.05) is 14.7 Å². The second-order valence-corrected chi connectivity index (χ2v) is 16.8. The van der Waals surface area contributed by atoms with E-state index in [-0.39, 0.29) is 0 Å². The van der Waals surface area contributed by atoms with Crippen LogP contribution in [0.4, 0.5) is 51.2 Å². The van der Waals surface area contributed by atoms with Gasteiger partial charge in [-0.15, -0.1) is 22.7 Å². The molecule has 0 unspecified atom stereocenters. The van der Waals surface area contributed by atoms with Gasteiger partial charge >= 0.3 is 0 Å². The average Bonchev–Trinajstić information content (AvgIpc) is 3.86. The quantitative estimate of drug-likeness (QED) is 0.144. The summed E-state index contributed by atoms with van der Waals surface area (Å²) in [5, 5.41) is 5.11. The van der Waals surface area contributed by atoms with E-state index in [1.165, 1.54) is 40.3 Å². The van der Waals surface area contributed by atoms with Crippen LogP contribution in [0.5, 0.6) is 0 Å². The molecule has 2 aromatic heterocycles. The molecule has 3 nitrogen and oxygen atoms in total. The Labute approximate surface area is 351 Å². The first kappa shape index (κ1) is 35.0. The van der Waals surface area contributed by atoms with E-state index in [2.05, 4.69) is 239 Å². The molecule has 280 valence electrons. The summed E-state index contributed by atoms with van der Waals surface area (Å²) in [6.07, 6.45) is 0. The lowest BCUT2D eigenvalue weighted by molar-refractivity contribution is 1.25. The molecule has 0 radical (unpaired) electrons. The lowest BCUT2D eigenvalue weighted by atomic mass is 10.1. The second-order valence-electron chi connectivity index (χ2n) is 14.6. The standard InChI is InChI=1S/C54H37N3S2/c1-5-16-38(17-6-1)55(39-18-7-2-8-19-39)42-24-15-25-43(34-42)56(40-20-9-3-10-21-40)46-28-31-48-50-36-45(30-33-53(50)59-54(48)37-46)57(41-22-11-4-12-23-41)44-29-32-52-49(35-44)47-26-13-14-27-51(47)58-52/h1-37H. The van der Waals surface area contributed by atoms with Gasteiger partial charge in [-0.2, -0.15) is 0 Å². The number of fused-ring (bicyclic) bond motifs is 6. The Morgan fingerprint density at radius 1 is 0.203 bits per heavy atom. The molecule has 11 rings (SSSR count). The minimum absolute atomic E-state index is 1.09. The Kier molecular flexibility index (Phi) is 8.88. The van der Waals surface area contributed by atoms with E-state index < -0.39 is 0 Å². The van der Waals surface area contributed by atoms with Crippen molar-refractivity contribution in [2.24, 2.45) is 0 Å². The Hall–Kier alpha value is -7.18. The molecule has 0 amide bonds. The molecule has 0 saturated carbocycles. The first-order valence-electron chi connectivity index (χ1n) is 19.8. The summed E-state index contributed by atoms with van der Waals surface area (Å²) in [6, 6.07) is 81.0. The summed E-state index contributed by atoms with van der Waals surface area (Å²) < 4.78 is 5.14. The van der Waals surface area contributed by atoms with Crippen molar-refractivity contribution >= 4 is 114 Å². The van der Waals surface area contributed by atoms with Crippen LogP contribution < -0.4 is 14.7 Å². The number of rotatable bonds is 9. The third kappa shape index (κ3) is 6.47. The minimum atomic E-state index is 1.09. The zero-order valence-corrected chi connectivity index (χ0v) is 33.7. The third-order valence-corrected chi connectivity index (χ3v) is 13.3. The van der Waals surface area contributed by atoms with E-state index in [0.717, 1.165) is 51.2 Å². The molecule has 0 aliphatic rings. The van der Waals surface area contributed by atoms with Crippen LogP contribution in [-0.4, -0.2) is 0 Å².